The molecule has 0 bridgehead atoms. The molecular weight excluding hydrogens is 406 g/mol. The number of nitrogens with one attached hydrogen (secondary N) is 1. The lowest BCUT2D eigenvalue weighted by Gasteiger charge is -2.27. The Bertz CT molecular complexity index is 1260. The molecule has 0 fully saturated rings. The van der Waals surface area contributed by atoms with E-state index in [4.69, 9.17) is 5.84 Å². The third-order valence-corrected chi connectivity index (χ3v) is 6.39. The van der Waals surface area contributed by atoms with Crippen LogP contribution in [0.4, 0.5) is 17.1 Å². The summed E-state index contributed by atoms with van der Waals surface area (Å²) in [5.41, 5.74) is 11.1. The van der Waals surface area contributed by atoms with Crippen molar-refractivity contribution in [3.63, 3.8) is 0 Å². The van der Waals surface area contributed by atoms with Crippen LogP contribution in [0.25, 0.3) is 11.1 Å². The summed E-state index contributed by atoms with van der Waals surface area (Å²) in [7, 11) is 0. The van der Waals surface area contributed by atoms with E-state index in [1.165, 1.54) is 22.3 Å². The lowest BCUT2D eigenvalue weighted by atomic mass is 9.86. The second kappa shape index (κ2) is 8.57. The number of hydrogen-bond acceptors (Lipinski definition) is 3. The number of nitrogen functional groups attached to an aromatic ring is 1. The third-order valence-electron chi connectivity index (χ3n) is 6.39. The maximum atomic E-state index is 12.2. The molecule has 0 radical (unpaired) electrons. The molecule has 4 heteroatoms. The van der Waals surface area contributed by atoms with Crippen molar-refractivity contribution in [1.29, 1.82) is 0 Å². The highest BCUT2D eigenvalue weighted by Gasteiger charge is 2.32. The largest absolute Gasteiger partial charge is 0.310 e. The molecule has 1 amide bonds. The number of para-hydroxylation sites is 2. The van der Waals surface area contributed by atoms with Gasteiger partial charge in [-0.05, 0) is 76.7 Å². The molecule has 0 saturated heterocycles. The van der Waals surface area contributed by atoms with Gasteiger partial charge in [0.1, 0.15) is 0 Å². The van der Waals surface area contributed by atoms with Gasteiger partial charge in [-0.15, -0.1) is 0 Å². The molecule has 4 nitrogen and oxygen atoms in total. The Morgan fingerprint density at radius 3 is 1.85 bits per heavy atom. The van der Waals surface area contributed by atoms with Crippen LogP contribution < -0.4 is 16.2 Å². The van der Waals surface area contributed by atoms with E-state index in [1.807, 2.05) is 30.3 Å². The molecule has 0 aliphatic heterocycles. The van der Waals surface area contributed by atoms with Crippen molar-refractivity contribution in [1.82, 2.24) is 5.43 Å². The van der Waals surface area contributed by atoms with Crippen LogP contribution in [0.1, 0.15) is 41.3 Å². The van der Waals surface area contributed by atoms with E-state index < -0.39 is 0 Å². The molecule has 0 spiro atoms. The van der Waals surface area contributed by atoms with Crippen LogP contribution >= 0.6 is 0 Å². The Morgan fingerprint density at radius 2 is 1.30 bits per heavy atom. The summed E-state index contributed by atoms with van der Waals surface area (Å²) in [6, 6.07) is 33.5. The van der Waals surface area contributed by atoms with Gasteiger partial charge >= 0.3 is 0 Å². The first-order chi connectivity index (χ1) is 16.1. The minimum atomic E-state index is -0.267. The summed E-state index contributed by atoms with van der Waals surface area (Å²) < 4.78 is 0. The lowest BCUT2D eigenvalue weighted by Crippen LogP contribution is -2.30. The number of carbonyl (C=O) groups is 1. The predicted octanol–water partition coefficient (Wildman–Crippen LogP) is 6.53. The van der Waals surface area contributed by atoms with Crippen molar-refractivity contribution >= 4 is 23.0 Å². The van der Waals surface area contributed by atoms with E-state index in [0.717, 1.165) is 17.1 Å². The summed E-state index contributed by atoms with van der Waals surface area (Å²) in [6.45, 7) is 4.47. The smallest absolute Gasteiger partial charge is 0.265 e. The number of benzene rings is 4. The Labute approximate surface area is 194 Å². The molecule has 4 aromatic rings. The molecule has 0 heterocycles. The van der Waals surface area contributed by atoms with E-state index in [1.54, 1.807) is 0 Å². The lowest BCUT2D eigenvalue weighted by molar-refractivity contribution is 0.0953. The van der Waals surface area contributed by atoms with Gasteiger partial charge in [-0.3, -0.25) is 10.2 Å². The minimum Gasteiger partial charge on any atom is -0.310 e. The van der Waals surface area contributed by atoms with Crippen molar-refractivity contribution < 1.29 is 4.79 Å². The molecule has 0 aromatic heterocycles. The Balaban J connectivity index is 1.66. The zero-order chi connectivity index (χ0) is 22.9. The van der Waals surface area contributed by atoms with Crippen LogP contribution in [0.2, 0.25) is 0 Å². The molecule has 3 N–H and O–H groups in total. The van der Waals surface area contributed by atoms with Crippen molar-refractivity contribution in [2.24, 2.45) is 11.8 Å². The first-order valence-corrected chi connectivity index (χ1v) is 11.3. The van der Waals surface area contributed by atoms with Gasteiger partial charge in [-0.25, -0.2) is 5.84 Å². The molecule has 164 valence electrons. The van der Waals surface area contributed by atoms with E-state index in [2.05, 4.69) is 90.9 Å². The average molecular weight is 434 g/mol. The van der Waals surface area contributed by atoms with Gasteiger partial charge in [0.25, 0.3) is 5.91 Å². The monoisotopic (exact) mass is 433 g/mol. The summed E-state index contributed by atoms with van der Waals surface area (Å²) in [6.07, 6.45) is 0. The Kier molecular flexibility index (Phi) is 5.45. The highest BCUT2D eigenvalue weighted by Crippen LogP contribution is 2.50. The van der Waals surface area contributed by atoms with Gasteiger partial charge in [0, 0.05) is 28.5 Å². The topological polar surface area (TPSA) is 58.4 Å². The van der Waals surface area contributed by atoms with E-state index >= 15 is 0 Å². The fourth-order valence-electron chi connectivity index (χ4n) is 4.97. The number of hydrazine groups is 1. The standard InChI is InChI=1S/C29H27N3O/c1-19(2)28-26-17-20(29(33)31-30)13-15-24(26)25-16-14-23(18-27(25)28)32(21-9-5-3-6-10-21)22-11-7-4-8-12-22/h3-19,28H,30H2,1-2H3,(H,31,33). The first-order valence-electron chi connectivity index (χ1n) is 11.3. The second-order valence-electron chi connectivity index (χ2n) is 8.78. The second-order valence-corrected chi connectivity index (χ2v) is 8.78. The van der Waals surface area contributed by atoms with Gasteiger partial charge in [0.15, 0.2) is 0 Å². The number of nitrogens with two attached hydrogens (primary N) is 1. The van der Waals surface area contributed by atoms with Gasteiger partial charge in [0.2, 0.25) is 0 Å². The fraction of sp³-hybridized carbons (Fsp3) is 0.138. The highest BCUT2D eigenvalue weighted by atomic mass is 16.2. The van der Waals surface area contributed by atoms with Gasteiger partial charge in [-0.2, -0.15) is 0 Å². The summed E-state index contributed by atoms with van der Waals surface area (Å²) in [4.78, 5) is 14.5. The van der Waals surface area contributed by atoms with Crippen LogP contribution in [-0.2, 0) is 0 Å². The van der Waals surface area contributed by atoms with Gasteiger partial charge in [0.05, 0.1) is 0 Å². The number of carbonyl (C=O) groups excluding carboxylic acids is 1. The van der Waals surface area contributed by atoms with Crippen molar-refractivity contribution in [2.45, 2.75) is 19.8 Å². The average Bonchev–Trinajstić information content (AvgIpc) is 3.18. The summed E-state index contributed by atoms with van der Waals surface area (Å²) >= 11 is 0. The Morgan fingerprint density at radius 1 is 0.758 bits per heavy atom. The molecule has 1 unspecified atom stereocenters. The zero-order valence-corrected chi connectivity index (χ0v) is 18.8. The molecule has 1 aliphatic carbocycles. The number of anilines is 3. The normalized spacial score (nSPS) is 14.0. The number of nitrogens with zero attached hydrogens (tertiary/aromatic N) is 1. The number of fused-ring (bicyclic) bond motifs is 3. The van der Waals surface area contributed by atoms with Crippen LogP contribution in [0.3, 0.4) is 0 Å². The maximum Gasteiger partial charge on any atom is 0.265 e. The third kappa shape index (κ3) is 3.69. The van der Waals surface area contributed by atoms with Gasteiger partial charge < -0.3 is 4.90 Å². The molecule has 0 saturated carbocycles. The van der Waals surface area contributed by atoms with Gasteiger partial charge in [-0.1, -0.05) is 62.4 Å². The summed E-state index contributed by atoms with van der Waals surface area (Å²) in [5.74, 6) is 5.70. The molecule has 33 heavy (non-hydrogen) atoms. The first kappa shape index (κ1) is 21.0. The highest BCUT2D eigenvalue weighted by molar-refractivity contribution is 5.96. The number of rotatable bonds is 5. The molecular formula is C29H27N3O. The van der Waals surface area contributed by atoms with E-state index in [-0.39, 0.29) is 11.8 Å². The Hall–Kier alpha value is -3.89. The maximum absolute atomic E-state index is 12.2. The van der Waals surface area contributed by atoms with Crippen LogP contribution in [0.5, 0.6) is 0 Å². The molecule has 4 aromatic carbocycles. The van der Waals surface area contributed by atoms with Crippen LogP contribution in [-0.4, -0.2) is 5.91 Å². The molecule has 5 rings (SSSR count). The van der Waals surface area contributed by atoms with Crippen molar-refractivity contribution in [2.75, 3.05) is 4.90 Å². The fourth-order valence-corrected chi connectivity index (χ4v) is 4.97. The van der Waals surface area contributed by atoms with E-state index in [0.29, 0.717) is 11.5 Å². The zero-order valence-electron chi connectivity index (χ0n) is 18.8. The number of amides is 1. The van der Waals surface area contributed by atoms with Crippen LogP contribution in [0.15, 0.2) is 97.1 Å². The summed E-state index contributed by atoms with van der Waals surface area (Å²) in [5, 5.41) is 0. The molecule has 1 atom stereocenters. The minimum absolute atomic E-state index is 0.203. The van der Waals surface area contributed by atoms with Crippen molar-refractivity contribution in [3.8, 4) is 11.1 Å². The van der Waals surface area contributed by atoms with E-state index in [9.17, 15) is 4.79 Å². The SMILES string of the molecule is CC(C)C1c2cc(C(=O)NN)ccc2-c2ccc(N(c3ccccc3)c3ccccc3)cc21. The van der Waals surface area contributed by atoms with Crippen molar-refractivity contribution in [3.05, 3.63) is 114 Å². The molecule has 1 aliphatic rings. The quantitative estimate of drug-likeness (QED) is 0.214. The predicted molar refractivity (Wildman–Crippen MR) is 135 cm³/mol. The number of hydrogen-bond donors (Lipinski definition) is 2. The van der Waals surface area contributed by atoms with Crippen LogP contribution in [0, 0.1) is 5.92 Å².